The van der Waals surface area contributed by atoms with E-state index < -0.39 is 15.9 Å². The Morgan fingerprint density at radius 1 is 1.17 bits per heavy atom. The summed E-state index contributed by atoms with van der Waals surface area (Å²) in [7, 11) is -3.60. The van der Waals surface area contributed by atoms with Crippen LogP contribution in [0.15, 0.2) is 47.4 Å². The molecule has 1 saturated heterocycles. The topological polar surface area (TPSA) is 79.4 Å². The molecule has 0 saturated carbocycles. The van der Waals surface area contributed by atoms with Crippen LogP contribution in [0.1, 0.15) is 24.0 Å². The number of sulfonamides is 1. The van der Waals surface area contributed by atoms with E-state index in [1.807, 2.05) is 32.0 Å². The number of anilines is 1. The summed E-state index contributed by atoms with van der Waals surface area (Å²) in [5.74, 6) is -0.567. The summed E-state index contributed by atoms with van der Waals surface area (Å²) in [5, 5.41) is 3.45. The standard InChI is InChI=1S/C21H23N3O3S2/c1-14-8-10-17(11-9-14)29(26,27)24-12-4-6-16(13-24)20(25)23-21-22-19-15(2)5-3-7-18(19)28-21/h3,5,7-11,16H,4,6,12-13H2,1-2H3,(H,22,23,25). The molecule has 1 unspecified atom stereocenters. The number of carbonyl (C=O) groups excluding carboxylic acids is 1. The number of aryl methyl sites for hydroxylation is 2. The second kappa shape index (κ2) is 7.85. The van der Waals surface area contributed by atoms with Crippen molar-refractivity contribution in [3.8, 4) is 0 Å². The zero-order valence-corrected chi connectivity index (χ0v) is 18.0. The van der Waals surface area contributed by atoms with E-state index in [0.717, 1.165) is 21.3 Å². The van der Waals surface area contributed by atoms with Gasteiger partial charge in [0.15, 0.2) is 5.13 Å². The zero-order valence-electron chi connectivity index (χ0n) is 16.4. The highest BCUT2D eigenvalue weighted by atomic mass is 32.2. The van der Waals surface area contributed by atoms with Gasteiger partial charge < -0.3 is 5.32 Å². The van der Waals surface area contributed by atoms with Crippen LogP contribution in [0.3, 0.4) is 0 Å². The van der Waals surface area contributed by atoms with Gasteiger partial charge in [0.25, 0.3) is 0 Å². The van der Waals surface area contributed by atoms with Gasteiger partial charge in [-0.3, -0.25) is 4.79 Å². The van der Waals surface area contributed by atoms with Gasteiger partial charge in [0, 0.05) is 13.1 Å². The average Bonchev–Trinajstić information content (AvgIpc) is 3.12. The first kappa shape index (κ1) is 20.0. The third-order valence-electron chi connectivity index (χ3n) is 5.26. The largest absolute Gasteiger partial charge is 0.302 e. The summed E-state index contributed by atoms with van der Waals surface area (Å²) in [6.07, 6.45) is 1.32. The second-order valence-corrected chi connectivity index (χ2v) is 10.4. The Morgan fingerprint density at radius 3 is 2.66 bits per heavy atom. The molecule has 8 heteroatoms. The van der Waals surface area contributed by atoms with E-state index in [9.17, 15) is 13.2 Å². The molecule has 4 rings (SSSR count). The van der Waals surface area contributed by atoms with E-state index in [0.29, 0.717) is 24.5 Å². The van der Waals surface area contributed by atoms with Crippen LogP contribution in [0.4, 0.5) is 5.13 Å². The molecular weight excluding hydrogens is 406 g/mol. The van der Waals surface area contributed by atoms with Crippen LogP contribution in [-0.2, 0) is 14.8 Å². The average molecular weight is 430 g/mol. The number of para-hydroxylation sites is 1. The molecule has 1 aromatic heterocycles. The molecule has 1 N–H and O–H groups in total. The minimum absolute atomic E-state index is 0.175. The summed E-state index contributed by atoms with van der Waals surface area (Å²) >= 11 is 1.43. The summed E-state index contributed by atoms with van der Waals surface area (Å²) in [6.45, 7) is 4.52. The number of thiazole rings is 1. The van der Waals surface area contributed by atoms with Gasteiger partial charge in [-0.2, -0.15) is 4.31 Å². The molecule has 29 heavy (non-hydrogen) atoms. The molecule has 1 aliphatic rings. The van der Waals surface area contributed by atoms with Gasteiger partial charge in [-0.1, -0.05) is 41.2 Å². The summed E-state index contributed by atoms with van der Waals surface area (Å²) in [4.78, 5) is 17.6. The molecule has 1 fully saturated rings. The molecule has 152 valence electrons. The Bertz CT molecular complexity index is 1150. The minimum Gasteiger partial charge on any atom is -0.302 e. The monoisotopic (exact) mass is 429 g/mol. The van der Waals surface area contributed by atoms with Crippen LogP contribution in [0.25, 0.3) is 10.2 Å². The lowest BCUT2D eigenvalue weighted by Crippen LogP contribution is -2.43. The third-order valence-corrected chi connectivity index (χ3v) is 8.08. The Balaban J connectivity index is 1.49. The fourth-order valence-corrected chi connectivity index (χ4v) is 6.05. The first-order valence-corrected chi connectivity index (χ1v) is 11.8. The van der Waals surface area contributed by atoms with Gasteiger partial charge in [-0.25, -0.2) is 13.4 Å². The maximum absolute atomic E-state index is 13.0. The number of carbonyl (C=O) groups is 1. The van der Waals surface area contributed by atoms with Crippen molar-refractivity contribution in [3.05, 3.63) is 53.6 Å². The van der Waals surface area contributed by atoms with Gasteiger partial charge in [0.05, 0.1) is 21.0 Å². The van der Waals surface area contributed by atoms with Crippen molar-refractivity contribution in [2.24, 2.45) is 5.92 Å². The van der Waals surface area contributed by atoms with Crippen LogP contribution in [0.2, 0.25) is 0 Å². The molecule has 0 bridgehead atoms. The number of fused-ring (bicyclic) bond motifs is 1. The molecule has 0 spiro atoms. The van der Waals surface area contributed by atoms with Crippen molar-refractivity contribution in [1.29, 1.82) is 0 Å². The Morgan fingerprint density at radius 2 is 1.93 bits per heavy atom. The molecule has 2 heterocycles. The molecule has 3 aromatic rings. The normalized spacial score (nSPS) is 18.1. The fourth-order valence-electron chi connectivity index (χ4n) is 3.58. The van der Waals surface area contributed by atoms with E-state index >= 15 is 0 Å². The Hall–Kier alpha value is -2.29. The maximum Gasteiger partial charge on any atom is 0.243 e. The molecule has 0 aliphatic carbocycles. The van der Waals surface area contributed by atoms with Crippen molar-refractivity contribution < 1.29 is 13.2 Å². The van der Waals surface area contributed by atoms with Crippen molar-refractivity contribution in [3.63, 3.8) is 0 Å². The zero-order chi connectivity index (χ0) is 20.6. The number of piperidine rings is 1. The third kappa shape index (κ3) is 4.05. The molecule has 0 radical (unpaired) electrons. The van der Waals surface area contributed by atoms with Crippen LogP contribution >= 0.6 is 11.3 Å². The van der Waals surface area contributed by atoms with Gasteiger partial charge in [0.1, 0.15) is 0 Å². The SMILES string of the molecule is Cc1ccc(S(=O)(=O)N2CCCC(C(=O)Nc3nc4c(C)cccc4s3)C2)cc1. The maximum atomic E-state index is 13.0. The molecular formula is C21H23N3O3S2. The Kier molecular flexibility index (Phi) is 5.42. The fraction of sp³-hybridized carbons (Fsp3) is 0.333. The van der Waals surface area contributed by atoms with Crippen molar-refractivity contribution >= 4 is 42.6 Å². The number of aromatic nitrogens is 1. The molecule has 2 aromatic carbocycles. The first-order valence-electron chi connectivity index (χ1n) is 9.58. The summed E-state index contributed by atoms with van der Waals surface area (Å²) in [5.41, 5.74) is 2.96. The minimum atomic E-state index is -3.60. The van der Waals surface area contributed by atoms with Gasteiger partial charge >= 0.3 is 0 Å². The van der Waals surface area contributed by atoms with E-state index in [1.54, 1.807) is 24.3 Å². The number of amides is 1. The van der Waals surface area contributed by atoms with Crippen molar-refractivity contribution in [2.45, 2.75) is 31.6 Å². The lowest BCUT2D eigenvalue weighted by Gasteiger charge is -2.31. The summed E-state index contributed by atoms with van der Waals surface area (Å²) < 4.78 is 28.4. The molecule has 1 aliphatic heterocycles. The molecule has 1 amide bonds. The lowest BCUT2D eigenvalue weighted by molar-refractivity contribution is -0.120. The number of nitrogens with one attached hydrogen (secondary N) is 1. The van der Waals surface area contributed by atoms with E-state index in [-0.39, 0.29) is 17.3 Å². The number of rotatable bonds is 4. The van der Waals surface area contributed by atoms with Crippen LogP contribution in [0.5, 0.6) is 0 Å². The van der Waals surface area contributed by atoms with Crippen molar-refractivity contribution in [1.82, 2.24) is 9.29 Å². The van der Waals surface area contributed by atoms with Gasteiger partial charge in [-0.15, -0.1) is 0 Å². The van der Waals surface area contributed by atoms with E-state index in [4.69, 9.17) is 0 Å². The van der Waals surface area contributed by atoms with E-state index in [1.165, 1.54) is 15.6 Å². The number of hydrogen-bond acceptors (Lipinski definition) is 5. The predicted octanol–water partition coefficient (Wildman–Crippen LogP) is 3.95. The Labute approximate surface area is 174 Å². The van der Waals surface area contributed by atoms with Gasteiger partial charge in [-0.05, 0) is 50.5 Å². The predicted molar refractivity (Wildman–Crippen MR) is 116 cm³/mol. The molecule has 1 atom stereocenters. The lowest BCUT2D eigenvalue weighted by atomic mass is 9.99. The highest BCUT2D eigenvalue weighted by molar-refractivity contribution is 7.89. The van der Waals surface area contributed by atoms with Crippen LogP contribution < -0.4 is 5.32 Å². The van der Waals surface area contributed by atoms with E-state index in [2.05, 4.69) is 10.3 Å². The van der Waals surface area contributed by atoms with Crippen LogP contribution in [0, 0.1) is 19.8 Å². The highest BCUT2D eigenvalue weighted by Crippen LogP contribution is 2.29. The number of benzene rings is 2. The highest BCUT2D eigenvalue weighted by Gasteiger charge is 2.33. The summed E-state index contributed by atoms with van der Waals surface area (Å²) in [6, 6.07) is 12.8. The number of nitrogens with zero attached hydrogens (tertiary/aromatic N) is 2. The molecule has 6 nitrogen and oxygen atoms in total. The first-order chi connectivity index (χ1) is 13.8. The van der Waals surface area contributed by atoms with Crippen LogP contribution in [-0.4, -0.2) is 36.7 Å². The van der Waals surface area contributed by atoms with Gasteiger partial charge in [0.2, 0.25) is 15.9 Å². The smallest absolute Gasteiger partial charge is 0.243 e. The van der Waals surface area contributed by atoms with Crippen molar-refractivity contribution in [2.75, 3.05) is 18.4 Å². The number of hydrogen-bond donors (Lipinski definition) is 1. The quantitative estimate of drug-likeness (QED) is 0.681. The second-order valence-electron chi connectivity index (χ2n) is 7.45.